The van der Waals surface area contributed by atoms with Gasteiger partial charge in [-0.1, -0.05) is 11.6 Å². The molecule has 0 aromatic rings. The first-order valence-electron chi connectivity index (χ1n) is 2.91. The predicted octanol–water partition coefficient (Wildman–Crippen LogP) is 1.22. The zero-order valence-corrected chi connectivity index (χ0v) is 7.99. The Kier molecular flexibility index (Phi) is 2.82. The van der Waals surface area contributed by atoms with Gasteiger partial charge in [-0.3, -0.25) is 0 Å². The topological polar surface area (TPSA) is 54.4 Å². The number of aliphatic hydroxyl groups excluding tert-OH is 1. The quantitative estimate of drug-likeness (QED) is 0.500. The van der Waals surface area contributed by atoms with Crippen LogP contribution in [0.15, 0.2) is 22.9 Å². The Morgan fingerprint density at radius 1 is 1.50 bits per heavy atom. The molecule has 1 atom stereocenters. The van der Waals surface area contributed by atoms with E-state index < -0.39 is 15.7 Å². The van der Waals surface area contributed by atoms with Gasteiger partial charge in [0.1, 0.15) is 10.6 Å². The summed E-state index contributed by atoms with van der Waals surface area (Å²) in [5.41, 5.74) is 0. The Bertz CT molecular complexity index is 383. The highest BCUT2D eigenvalue weighted by molar-refractivity contribution is 7.74. The molecule has 1 N–H and O–H groups in total. The molecule has 0 saturated carbocycles. The lowest BCUT2D eigenvalue weighted by Gasteiger charge is -2.09. The molecule has 1 rings (SSSR count). The van der Waals surface area contributed by atoms with Crippen LogP contribution < -0.4 is 0 Å². The third kappa shape index (κ3) is 1.83. The minimum atomic E-state index is -2.45. The number of rotatable bonds is 0. The number of halogens is 2. The summed E-state index contributed by atoms with van der Waals surface area (Å²) >= 11 is 11.1. The van der Waals surface area contributed by atoms with Crippen LogP contribution in [0.3, 0.4) is 0 Å². The molecular formula is C6H4Cl2O3S. The highest BCUT2D eigenvalue weighted by Crippen LogP contribution is 2.20. The van der Waals surface area contributed by atoms with Crippen molar-refractivity contribution in [1.82, 2.24) is 0 Å². The van der Waals surface area contributed by atoms with Gasteiger partial charge < -0.3 is 5.11 Å². The zero-order chi connectivity index (χ0) is 9.30. The molecule has 12 heavy (non-hydrogen) atoms. The molecule has 1 unspecified atom stereocenters. The Hall–Kier alpha value is -0.450. The molecule has 0 aliphatic heterocycles. The molecular weight excluding hydrogens is 223 g/mol. The number of alkyl halides is 1. The normalized spacial score (nSPS) is 23.2. The standard InChI is InChI=1S/C6H4Cl2O3S/c7-4-1-3(9)2-5(8)6(4)12(10)11/h1-2,4,9H. The van der Waals surface area contributed by atoms with E-state index in [4.69, 9.17) is 28.3 Å². The average Bonchev–Trinajstić information content (AvgIpc) is 1.82. The molecule has 0 aromatic heterocycles. The van der Waals surface area contributed by atoms with Gasteiger partial charge in [-0.05, 0) is 12.2 Å². The SMILES string of the molecule is O=S(=O)=C1C(Cl)=CC(O)=CC1Cl. The Labute approximate surface area is 80.4 Å². The second-order valence-electron chi connectivity index (χ2n) is 2.08. The van der Waals surface area contributed by atoms with Crippen molar-refractivity contribution >= 4 is 38.4 Å². The van der Waals surface area contributed by atoms with Gasteiger partial charge in [0.2, 0.25) is 10.3 Å². The van der Waals surface area contributed by atoms with E-state index in [1.165, 1.54) is 6.08 Å². The molecule has 6 heteroatoms. The maximum absolute atomic E-state index is 10.5. The molecule has 0 fully saturated rings. The van der Waals surface area contributed by atoms with E-state index in [0.717, 1.165) is 6.08 Å². The summed E-state index contributed by atoms with van der Waals surface area (Å²) in [5.74, 6) is -0.130. The van der Waals surface area contributed by atoms with Crippen molar-refractivity contribution in [2.75, 3.05) is 0 Å². The maximum atomic E-state index is 10.5. The lowest BCUT2D eigenvalue weighted by molar-refractivity contribution is 0.430. The summed E-state index contributed by atoms with van der Waals surface area (Å²) in [5, 5.41) is 8.01. The minimum absolute atomic E-state index is 0.0525. The van der Waals surface area contributed by atoms with E-state index in [1.54, 1.807) is 0 Å². The minimum Gasteiger partial charge on any atom is -0.508 e. The second kappa shape index (κ2) is 3.51. The lowest BCUT2D eigenvalue weighted by atomic mass is 10.1. The molecule has 66 valence electrons. The first kappa shape index (κ1) is 9.64. The van der Waals surface area contributed by atoms with Gasteiger partial charge in [0, 0.05) is 0 Å². The van der Waals surface area contributed by atoms with Crippen LogP contribution in [0.2, 0.25) is 0 Å². The molecule has 0 heterocycles. The number of hydrogen-bond donors (Lipinski definition) is 1. The van der Waals surface area contributed by atoms with Crippen LogP contribution in [0.25, 0.3) is 0 Å². The van der Waals surface area contributed by atoms with E-state index in [9.17, 15) is 8.42 Å². The predicted molar refractivity (Wildman–Crippen MR) is 48.2 cm³/mol. The van der Waals surface area contributed by atoms with Crippen LogP contribution >= 0.6 is 23.2 Å². The van der Waals surface area contributed by atoms with Crippen molar-refractivity contribution in [2.45, 2.75) is 5.38 Å². The van der Waals surface area contributed by atoms with Crippen molar-refractivity contribution < 1.29 is 13.5 Å². The molecule has 0 amide bonds. The average molecular weight is 227 g/mol. The van der Waals surface area contributed by atoms with Crippen LogP contribution in [-0.4, -0.2) is 23.8 Å². The van der Waals surface area contributed by atoms with Gasteiger partial charge in [-0.25, -0.2) is 0 Å². The van der Waals surface area contributed by atoms with Crippen LogP contribution in [0, 0.1) is 0 Å². The molecule has 0 bridgehead atoms. The lowest BCUT2D eigenvalue weighted by Crippen LogP contribution is -2.17. The smallest absolute Gasteiger partial charge is 0.220 e. The maximum Gasteiger partial charge on any atom is 0.220 e. The first-order chi connectivity index (χ1) is 5.52. The van der Waals surface area contributed by atoms with Gasteiger partial charge in [-0.2, -0.15) is 8.42 Å². The van der Waals surface area contributed by atoms with E-state index >= 15 is 0 Å². The highest BCUT2D eigenvalue weighted by atomic mass is 35.5. The van der Waals surface area contributed by atoms with Crippen LogP contribution in [0.1, 0.15) is 0 Å². The van der Waals surface area contributed by atoms with Crippen LogP contribution in [0.5, 0.6) is 0 Å². The Balaban J connectivity index is 3.31. The summed E-state index contributed by atoms with van der Waals surface area (Å²) in [6.07, 6.45) is 2.32. The van der Waals surface area contributed by atoms with Crippen LogP contribution in [-0.2, 0) is 10.3 Å². The summed E-state index contributed by atoms with van der Waals surface area (Å²) < 4.78 is 21.0. The molecule has 1 aliphatic carbocycles. The molecule has 0 aromatic carbocycles. The van der Waals surface area contributed by atoms with Gasteiger partial charge in [0.05, 0.1) is 10.4 Å². The second-order valence-corrected chi connectivity index (χ2v) is 3.87. The zero-order valence-electron chi connectivity index (χ0n) is 5.66. The van der Waals surface area contributed by atoms with Crippen molar-refractivity contribution in [3.63, 3.8) is 0 Å². The molecule has 3 nitrogen and oxygen atoms in total. The van der Waals surface area contributed by atoms with E-state index in [1.807, 2.05) is 0 Å². The molecule has 0 radical (unpaired) electrons. The Morgan fingerprint density at radius 3 is 2.50 bits per heavy atom. The van der Waals surface area contributed by atoms with E-state index in [-0.39, 0.29) is 15.7 Å². The van der Waals surface area contributed by atoms with Gasteiger partial charge >= 0.3 is 0 Å². The van der Waals surface area contributed by atoms with Crippen molar-refractivity contribution in [2.24, 2.45) is 0 Å². The number of aliphatic hydroxyl groups is 1. The van der Waals surface area contributed by atoms with Gasteiger partial charge in [-0.15, -0.1) is 11.6 Å². The number of hydrogen-bond acceptors (Lipinski definition) is 3. The summed E-state index contributed by atoms with van der Waals surface area (Å²) in [6, 6.07) is 0. The summed E-state index contributed by atoms with van der Waals surface area (Å²) in [6.45, 7) is 0. The summed E-state index contributed by atoms with van der Waals surface area (Å²) in [7, 11) is -2.45. The van der Waals surface area contributed by atoms with Crippen molar-refractivity contribution in [3.05, 3.63) is 22.9 Å². The molecule has 0 saturated heterocycles. The summed E-state index contributed by atoms with van der Waals surface area (Å²) in [4.78, 5) is -0.115. The largest absolute Gasteiger partial charge is 0.508 e. The Morgan fingerprint density at radius 2 is 2.08 bits per heavy atom. The fraction of sp³-hybridized carbons (Fsp3) is 0.167. The van der Waals surface area contributed by atoms with E-state index in [2.05, 4.69) is 0 Å². The van der Waals surface area contributed by atoms with Crippen molar-refractivity contribution in [3.8, 4) is 0 Å². The third-order valence-electron chi connectivity index (χ3n) is 1.26. The fourth-order valence-electron chi connectivity index (χ4n) is 0.778. The van der Waals surface area contributed by atoms with Crippen LogP contribution in [0.4, 0.5) is 0 Å². The molecule has 0 spiro atoms. The highest BCUT2D eigenvalue weighted by Gasteiger charge is 2.20. The molecule has 1 aliphatic rings. The van der Waals surface area contributed by atoms with E-state index in [0.29, 0.717) is 0 Å². The third-order valence-corrected chi connectivity index (χ3v) is 2.99. The van der Waals surface area contributed by atoms with Crippen molar-refractivity contribution in [1.29, 1.82) is 0 Å². The van der Waals surface area contributed by atoms with Gasteiger partial charge in [0.15, 0.2) is 0 Å². The monoisotopic (exact) mass is 226 g/mol. The van der Waals surface area contributed by atoms with Gasteiger partial charge in [0.25, 0.3) is 0 Å². The fourth-order valence-corrected chi connectivity index (χ4v) is 2.19. The number of allylic oxidation sites excluding steroid dienone is 3. The first-order valence-corrected chi connectivity index (χ1v) is 4.80.